The van der Waals surface area contributed by atoms with Crippen molar-refractivity contribution < 1.29 is 4.42 Å². The minimum atomic E-state index is 0.898. The van der Waals surface area contributed by atoms with Gasteiger partial charge >= 0.3 is 0 Å². The fraction of sp³-hybridized carbons (Fsp3) is 0. The third kappa shape index (κ3) is 4.57. The Balaban J connectivity index is 1.21. The van der Waals surface area contributed by atoms with Crippen LogP contribution in [-0.4, -0.2) is 0 Å². The number of para-hydroxylation sites is 1. The quantitative estimate of drug-likeness (QED) is 0.175. The first kappa shape index (κ1) is 28.4. The van der Waals surface area contributed by atoms with E-state index in [9.17, 15) is 0 Å². The number of hydrogen-bond acceptors (Lipinski definition) is 2. The zero-order valence-electron chi connectivity index (χ0n) is 27.3. The van der Waals surface area contributed by atoms with Gasteiger partial charge in [0.25, 0.3) is 0 Å². The average Bonchev–Trinajstić information content (AvgIpc) is 3.57. The second kappa shape index (κ2) is 11.5. The molecule has 0 aliphatic heterocycles. The minimum Gasteiger partial charge on any atom is -0.455 e. The maximum Gasteiger partial charge on any atom is 0.143 e. The summed E-state index contributed by atoms with van der Waals surface area (Å²) in [5, 5.41) is 9.52. The Kier molecular flexibility index (Phi) is 6.53. The fourth-order valence-corrected chi connectivity index (χ4v) is 7.68. The van der Waals surface area contributed by atoms with Gasteiger partial charge in [-0.1, -0.05) is 146 Å². The van der Waals surface area contributed by atoms with Crippen LogP contribution in [-0.2, 0) is 0 Å². The van der Waals surface area contributed by atoms with E-state index in [4.69, 9.17) is 4.42 Å². The van der Waals surface area contributed by atoms with Gasteiger partial charge in [0.1, 0.15) is 11.2 Å². The van der Waals surface area contributed by atoms with Crippen LogP contribution in [0.3, 0.4) is 0 Å². The monoisotopic (exact) mass is 637 g/mol. The van der Waals surface area contributed by atoms with Crippen molar-refractivity contribution in [1.29, 1.82) is 0 Å². The molecule has 0 aliphatic carbocycles. The molecule has 50 heavy (non-hydrogen) atoms. The van der Waals surface area contributed by atoms with Crippen molar-refractivity contribution in [3.63, 3.8) is 0 Å². The van der Waals surface area contributed by atoms with Gasteiger partial charge in [-0.05, 0) is 86.3 Å². The molecule has 0 aliphatic rings. The van der Waals surface area contributed by atoms with Crippen LogP contribution in [0.4, 0.5) is 17.1 Å². The molecule has 1 aromatic heterocycles. The summed E-state index contributed by atoms with van der Waals surface area (Å²) in [7, 11) is 0. The lowest BCUT2D eigenvalue weighted by molar-refractivity contribution is 0.672. The average molecular weight is 638 g/mol. The number of hydrogen-bond donors (Lipinski definition) is 0. The van der Waals surface area contributed by atoms with Crippen LogP contribution in [0.5, 0.6) is 0 Å². The number of anilines is 3. The van der Waals surface area contributed by atoms with Crippen LogP contribution in [0.25, 0.3) is 76.5 Å². The first-order valence-electron chi connectivity index (χ1n) is 17.1. The van der Waals surface area contributed by atoms with Gasteiger partial charge in [-0.3, -0.25) is 0 Å². The van der Waals surface area contributed by atoms with Crippen LogP contribution < -0.4 is 4.90 Å². The summed E-state index contributed by atoms with van der Waals surface area (Å²) in [6.07, 6.45) is 0. The molecule has 10 rings (SSSR count). The number of benzene rings is 9. The van der Waals surface area contributed by atoms with Gasteiger partial charge in [0.15, 0.2) is 0 Å². The summed E-state index contributed by atoms with van der Waals surface area (Å²) in [5.41, 5.74) is 9.88. The van der Waals surface area contributed by atoms with E-state index in [-0.39, 0.29) is 0 Å². The number of fused-ring (bicyclic) bond motifs is 8. The lowest BCUT2D eigenvalue weighted by Gasteiger charge is -2.28. The number of furan rings is 1. The molecule has 2 heteroatoms. The zero-order valence-corrected chi connectivity index (χ0v) is 27.3. The van der Waals surface area contributed by atoms with Gasteiger partial charge in [-0.2, -0.15) is 0 Å². The van der Waals surface area contributed by atoms with Gasteiger partial charge in [0.05, 0.1) is 5.69 Å². The summed E-state index contributed by atoms with van der Waals surface area (Å²) in [4.78, 5) is 2.40. The van der Waals surface area contributed by atoms with Crippen LogP contribution in [0, 0.1) is 0 Å². The van der Waals surface area contributed by atoms with Crippen LogP contribution in [0.1, 0.15) is 0 Å². The van der Waals surface area contributed by atoms with Gasteiger partial charge < -0.3 is 9.32 Å². The third-order valence-electron chi connectivity index (χ3n) is 10.0. The summed E-state index contributed by atoms with van der Waals surface area (Å²) >= 11 is 0. The molecular formula is C48H31NO. The lowest BCUT2D eigenvalue weighted by Crippen LogP contribution is -2.10. The second-order valence-electron chi connectivity index (χ2n) is 12.9. The SMILES string of the molecule is c1ccc(-c2cccc(N(c3ccc(-c4cc5ccccc5c5ccccc45)cc3)c3cc4c5ccccc5oc4c4ccccc34)c2)cc1. The highest BCUT2D eigenvalue weighted by Gasteiger charge is 2.21. The van der Waals surface area contributed by atoms with Crippen molar-refractivity contribution in [2.24, 2.45) is 0 Å². The molecule has 0 N–H and O–H groups in total. The van der Waals surface area contributed by atoms with E-state index in [1.54, 1.807) is 0 Å². The molecule has 0 unspecified atom stereocenters. The molecule has 0 saturated heterocycles. The predicted molar refractivity (Wildman–Crippen MR) is 212 cm³/mol. The van der Waals surface area contributed by atoms with Gasteiger partial charge in [-0.15, -0.1) is 0 Å². The lowest BCUT2D eigenvalue weighted by atomic mass is 9.93. The largest absolute Gasteiger partial charge is 0.455 e. The summed E-state index contributed by atoms with van der Waals surface area (Å²) < 4.78 is 6.50. The topological polar surface area (TPSA) is 16.4 Å². The van der Waals surface area contributed by atoms with Gasteiger partial charge in [-0.25, -0.2) is 0 Å². The summed E-state index contributed by atoms with van der Waals surface area (Å²) in [6, 6.07) is 67.5. The Bertz CT molecular complexity index is 2870. The van der Waals surface area contributed by atoms with Crippen LogP contribution >= 0.6 is 0 Å². The standard InChI is InChI=1S/C48H31NO/c1-2-13-32(14-3-1)34-16-12-17-37(29-34)49(46-31-45-42-22-10-11-24-47(42)50-48(45)43-23-9-8-21-41(43)46)36-27-25-33(26-28-36)44-30-35-15-4-5-18-38(35)39-19-6-7-20-40(39)44/h1-31H. The minimum absolute atomic E-state index is 0.898. The Morgan fingerprint density at radius 3 is 1.80 bits per heavy atom. The van der Waals surface area contributed by atoms with E-state index in [0.29, 0.717) is 0 Å². The Morgan fingerprint density at radius 1 is 0.340 bits per heavy atom. The van der Waals surface area contributed by atoms with E-state index in [2.05, 4.69) is 187 Å². The van der Waals surface area contributed by atoms with Crippen LogP contribution in [0.15, 0.2) is 192 Å². The molecule has 0 saturated carbocycles. The summed E-state index contributed by atoms with van der Waals surface area (Å²) in [5.74, 6) is 0. The first-order chi connectivity index (χ1) is 24.8. The molecule has 1 heterocycles. The number of nitrogens with zero attached hydrogens (tertiary/aromatic N) is 1. The molecule has 9 aromatic carbocycles. The van der Waals surface area contributed by atoms with Crippen molar-refractivity contribution >= 4 is 71.3 Å². The second-order valence-corrected chi connectivity index (χ2v) is 12.9. The molecule has 0 bridgehead atoms. The zero-order chi connectivity index (χ0) is 33.0. The maximum absolute atomic E-state index is 6.50. The fourth-order valence-electron chi connectivity index (χ4n) is 7.68. The highest BCUT2D eigenvalue weighted by Crippen LogP contribution is 2.45. The molecule has 0 amide bonds. The third-order valence-corrected chi connectivity index (χ3v) is 10.0. The van der Waals surface area contributed by atoms with Crippen molar-refractivity contribution in [1.82, 2.24) is 0 Å². The maximum atomic E-state index is 6.50. The molecule has 0 spiro atoms. The predicted octanol–water partition coefficient (Wildman–Crippen LogP) is 13.8. The van der Waals surface area contributed by atoms with Crippen molar-refractivity contribution in [3.8, 4) is 22.3 Å². The molecule has 0 radical (unpaired) electrons. The Labute approximate surface area is 290 Å². The van der Waals surface area contributed by atoms with Gasteiger partial charge in [0, 0.05) is 32.9 Å². The van der Waals surface area contributed by atoms with Crippen molar-refractivity contribution in [2.45, 2.75) is 0 Å². The molecule has 0 fully saturated rings. The molecule has 234 valence electrons. The Morgan fingerprint density at radius 2 is 0.980 bits per heavy atom. The smallest absolute Gasteiger partial charge is 0.143 e. The molecule has 2 nitrogen and oxygen atoms in total. The van der Waals surface area contributed by atoms with E-state index < -0.39 is 0 Å². The highest BCUT2D eigenvalue weighted by molar-refractivity contribution is 6.20. The van der Waals surface area contributed by atoms with Crippen molar-refractivity contribution in [3.05, 3.63) is 188 Å². The molecular weight excluding hydrogens is 607 g/mol. The molecule has 0 atom stereocenters. The van der Waals surface area contributed by atoms with Crippen molar-refractivity contribution in [2.75, 3.05) is 4.90 Å². The van der Waals surface area contributed by atoms with E-state index >= 15 is 0 Å². The van der Waals surface area contributed by atoms with Gasteiger partial charge in [0.2, 0.25) is 0 Å². The Hall–Kier alpha value is -6.64. The van der Waals surface area contributed by atoms with E-state index in [1.165, 1.54) is 43.8 Å². The molecule has 10 aromatic rings. The summed E-state index contributed by atoms with van der Waals surface area (Å²) in [6.45, 7) is 0. The first-order valence-corrected chi connectivity index (χ1v) is 17.1. The van der Waals surface area contributed by atoms with Crippen LogP contribution in [0.2, 0.25) is 0 Å². The van der Waals surface area contributed by atoms with E-state index in [1.807, 2.05) is 6.07 Å². The normalized spacial score (nSPS) is 11.6. The number of rotatable bonds is 5. The highest BCUT2D eigenvalue weighted by atomic mass is 16.3. The van der Waals surface area contributed by atoms with E-state index in [0.717, 1.165) is 49.8 Å².